The summed E-state index contributed by atoms with van der Waals surface area (Å²) in [7, 11) is 3.04. The molecule has 0 fully saturated rings. The van der Waals surface area contributed by atoms with E-state index in [-0.39, 0.29) is 5.52 Å². The third-order valence-electron chi connectivity index (χ3n) is 4.45. The molecule has 0 aliphatic carbocycles. The SMILES string of the molecule is COc1cnc(CSc2nc3cc4c(cc3[nH]2)OC(F)(F)C(F)(F)O4)c(C)c1OC. The first kappa shape index (κ1) is 20.4. The number of rotatable bonds is 5. The number of ether oxygens (including phenoxy) is 4. The van der Waals surface area contributed by atoms with Crippen molar-refractivity contribution >= 4 is 22.8 Å². The van der Waals surface area contributed by atoms with Crippen LogP contribution in [0.5, 0.6) is 23.0 Å². The molecule has 4 rings (SSSR count). The second-order valence-electron chi connectivity index (χ2n) is 6.32. The zero-order valence-corrected chi connectivity index (χ0v) is 16.7. The Bertz CT molecular complexity index is 1070. The lowest BCUT2D eigenvalue weighted by molar-refractivity contribution is -0.391. The molecule has 160 valence electrons. The lowest BCUT2D eigenvalue weighted by atomic mass is 10.2. The van der Waals surface area contributed by atoms with Gasteiger partial charge in [0.2, 0.25) is 0 Å². The summed E-state index contributed by atoms with van der Waals surface area (Å²) in [5.41, 5.74) is 2.11. The van der Waals surface area contributed by atoms with Gasteiger partial charge in [-0.2, -0.15) is 17.6 Å². The number of nitrogens with zero attached hydrogens (tertiary/aromatic N) is 2. The summed E-state index contributed by atoms with van der Waals surface area (Å²) in [6.07, 6.45) is -8.01. The average molecular weight is 445 g/mol. The minimum Gasteiger partial charge on any atom is -0.492 e. The Labute approximate surface area is 171 Å². The normalized spacial score (nSPS) is 16.5. The van der Waals surface area contributed by atoms with Crippen molar-refractivity contribution in [2.24, 2.45) is 0 Å². The fourth-order valence-corrected chi connectivity index (χ4v) is 3.82. The Hall–Kier alpha value is -2.89. The van der Waals surface area contributed by atoms with E-state index in [1.807, 2.05) is 6.92 Å². The summed E-state index contributed by atoms with van der Waals surface area (Å²) < 4.78 is 72.3. The van der Waals surface area contributed by atoms with Crippen LogP contribution in [0.2, 0.25) is 0 Å². The fourth-order valence-electron chi connectivity index (χ4n) is 2.91. The number of benzene rings is 1. The predicted molar refractivity (Wildman–Crippen MR) is 98.9 cm³/mol. The first-order valence-corrected chi connectivity index (χ1v) is 9.50. The summed E-state index contributed by atoms with van der Waals surface area (Å²) in [5.74, 6) is 0.465. The molecule has 0 amide bonds. The van der Waals surface area contributed by atoms with Crippen LogP contribution in [0.4, 0.5) is 17.6 Å². The summed E-state index contributed by atoms with van der Waals surface area (Å²) in [6, 6.07) is 2.26. The third-order valence-corrected chi connectivity index (χ3v) is 5.33. The molecule has 3 heterocycles. The van der Waals surface area contributed by atoms with Gasteiger partial charge in [-0.25, -0.2) is 4.98 Å². The zero-order valence-electron chi connectivity index (χ0n) is 15.9. The van der Waals surface area contributed by atoms with Crippen LogP contribution < -0.4 is 18.9 Å². The van der Waals surface area contributed by atoms with Gasteiger partial charge >= 0.3 is 12.2 Å². The van der Waals surface area contributed by atoms with Crippen LogP contribution in [0.15, 0.2) is 23.5 Å². The van der Waals surface area contributed by atoms with E-state index < -0.39 is 23.7 Å². The number of hydrogen-bond acceptors (Lipinski definition) is 7. The number of imidazole rings is 1. The first-order chi connectivity index (χ1) is 14.1. The summed E-state index contributed by atoms with van der Waals surface area (Å²) in [4.78, 5) is 11.6. The van der Waals surface area contributed by atoms with E-state index in [2.05, 4.69) is 24.4 Å². The Morgan fingerprint density at radius 2 is 1.73 bits per heavy atom. The quantitative estimate of drug-likeness (QED) is 0.457. The number of thioether (sulfide) groups is 1. The van der Waals surface area contributed by atoms with E-state index >= 15 is 0 Å². The van der Waals surface area contributed by atoms with Crippen molar-refractivity contribution in [2.45, 2.75) is 30.1 Å². The third kappa shape index (κ3) is 3.34. The van der Waals surface area contributed by atoms with Crippen LogP contribution in [0.1, 0.15) is 11.3 Å². The lowest BCUT2D eigenvalue weighted by Gasteiger charge is -2.31. The zero-order chi connectivity index (χ0) is 21.7. The van der Waals surface area contributed by atoms with Crippen LogP contribution in [-0.2, 0) is 5.75 Å². The molecule has 0 spiro atoms. The van der Waals surface area contributed by atoms with Gasteiger partial charge in [0, 0.05) is 23.4 Å². The minimum atomic E-state index is -4.78. The predicted octanol–water partition coefficient (Wildman–Crippen LogP) is 4.53. The van der Waals surface area contributed by atoms with Crippen molar-refractivity contribution in [2.75, 3.05) is 14.2 Å². The molecule has 1 aromatic carbocycles. The maximum atomic E-state index is 13.4. The standard InChI is InChI=1S/C18H15F4N3O4S/c1-8-11(23-6-14(26-2)15(8)27-3)7-30-16-24-9-4-12-13(5-10(9)25-16)29-18(21,22)17(19,20)28-12/h4-6H,7H2,1-3H3,(H,24,25). The van der Waals surface area contributed by atoms with E-state index in [1.165, 1.54) is 26.0 Å². The van der Waals surface area contributed by atoms with Crippen LogP contribution >= 0.6 is 11.8 Å². The van der Waals surface area contributed by atoms with E-state index in [9.17, 15) is 17.6 Å². The van der Waals surface area contributed by atoms with E-state index in [4.69, 9.17) is 9.47 Å². The molecule has 7 nitrogen and oxygen atoms in total. The van der Waals surface area contributed by atoms with Gasteiger partial charge in [0.15, 0.2) is 28.2 Å². The first-order valence-electron chi connectivity index (χ1n) is 8.52. The molecule has 1 N–H and O–H groups in total. The Morgan fingerprint density at radius 3 is 2.37 bits per heavy atom. The van der Waals surface area contributed by atoms with E-state index in [0.29, 0.717) is 27.9 Å². The number of pyridine rings is 1. The van der Waals surface area contributed by atoms with Crippen molar-refractivity contribution < 1.29 is 36.5 Å². The molecule has 1 aliphatic rings. The van der Waals surface area contributed by atoms with Gasteiger partial charge in [-0.3, -0.25) is 4.98 Å². The van der Waals surface area contributed by atoms with Gasteiger partial charge in [-0.1, -0.05) is 11.8 Å². The van der Waals surface area contributed by atoms with Crippen LogP contribution in [0.3, 0.4) is 0 Å². The van der Waals surface area contributed by atoms with Crippen molar-refractivity contribution in [1.29, 1.82) is 0 Å². The number of aromatic amines is 1. The summed E-state index contributed by atoms with van der Waals surface area (Å²) in [5, 5.41) is 0.432. The Balaban J connectivity index is 1.59. The van der Waals surface area contributed by atoms with Gasteiger partial charge in [-0.15, -0.1) is 0 Å². The molecule has 3 aromatic rings. The Kier molecular flexibility index (Phi) is 4.83. The molecule has 12 heteroatoms. The number of halogens is 4. The number of hydrogen-bond donors (Lipinski definition) is 1. The topological polar surface area (TPSA) is 78.5 Å². The second kappa shape index (κ2) is 7.11. The molecular formula is C18H15F4N3O4S. The number of alkyl halides is 4. The number of H-pyrrole nitrogens is 1. The highest BCUT2D eigenvalue weighted by Crippen LogP contribution is 2.48. The fraction of sp³-hybridized carbons (Fsp3) is 0.333. The number of nitrogens with one attached hydrogen (secondary N) is 1. The van der Waals surface area contributed by atoms with Crippen molar-refractivity contribution in [1.82, 2.24) is 15.0 Å². The summed E-state index contributed by atoms with van der Waals surface area (Å²) >= 11 is 1.28. The molecule has 1 aliphatic heterocycles. The van der Waals surface area contributed by atoms with Gasteiger partial charge in [0.1, 0.15) is 0 Å². The van der Waals surface area contributed by atoms with Gasteiger partial charge < -0.3 is 23.9 Å². The van der Waals surface area contributed by atoms with Crippen molar-refractivity contribution in [3.8, 4) is 23.0 Å². The minimum absolute atomic E-state index is 0.262. The molecule has 30 heavy (non-hydrogen) atoms. The van der Waals surface area contributed by atoms with E-state index in [0.717, 1.165) is 23.4 Å². The molecule has 0 saturated carbocycles. The molecule has 0 radical (unpaired) electrons. The van der Waals surface area contributed by atoms with Crippen LogP contribution in [0.25, 0.3) is 11.0 Å². The molecule has 0 bridgehead atoms. The van der Waals surface area contributed by atoms with Crippen LogP contribution in [0, 0.1) is 6.92 Å². The second-order valence-corrected chi connectivity index (χ2v) is 7.28. The molecule has 0 unspecified atom stereocenters. The maximum absolute atomic E-state index is 13.4. The average Bonchev–Trinajstić information content (AvgIpc) is 3.07. The highest BCUT2D eigenvalue weighted by atomic mass is 32.2. The largest absolute Gasteiger partial charge is 0.507 e. The lowest BCUT2D eigenvalue weighted by Crippen LogP contribution is -2.52. The van der Waals surface area contributed by atoms with Crippen molar-refractivity contribution in [3.05, 3.63) is 29.6 Å². The maximum Gasteiger partial charge on any atom is 0.507 e. The number of aromatic nitrogens is 3. The van der Waals surface area contributed by atoms with Gasteiger partial charge in [-0.05, 0) is 6.92 Å². The van der Waals surface area contributed by atoms with E-state index in [1.54, 1.807) is 6.20 Å². The van der Waals surface area contributed by atoms with Crippen LogP contribution in [-0.4, -0.2) is 41.4 Å². The Morgan fingerprint density at radius 1 is 1.07 bits per heavy atom. The van der Waals surface area contributed by atoms with Crippen molar-refractivity contribution in [3.63, 3.8) is 0 Å². The molecule has 2 aromatic heterocycles. The highest BCUT2D eigenvalue weighted by Gasteiger charge is 2.66. The van der Waals surface area contributed by atoms with Gasteiger partial charge in [0.05, 0.1) is 37.1 Å². The number of fused-ring (bicyclic) bond motifs is 2. The highest BCUT2D eigenvalue weighted by molar-refractivity contribution is 7.98. The molecule has 0 atom stereocenters. The molecular weight excluding hydrogens is 430 g/mol. The smallest absolute Gasteiger partial charge is 0.492 e. The number of methoxy groups -OCH3 is 2. The monoisotopic (exact) mass is 445 g/mol. The van der Waals surface area contributed by atoms with Gasteiger partial charge in [0.25, 0.3) is 0 Å². The molecule has 0 saturated heterocycles. The summed E-state index contributed by atoms with van der Waals surface area (Å²) in [6.45, 7) is 1.84.